The monoisotopic (exact) mass is 378 g/mol. The van der Waals surface area contributed by atoms with E-state index in [4.69, 9.17) is 0 Å². The number of fused-ring (bicyclic) bond motifs is 1. The lowest BCUT2D eigenvalue weighted by molar-refractivity contribution is -0.134. The molecule has 0 unspecified atom stereocenters. The van der Waals surface area contributed by atoms with Gasteiger partial charge in [-0.15, -0.1) is 0 Å². The molecule has 1 aromatic carbocycles. The van der Waals surface area contributed by atoms with E-state index in [1.165, 1.54) is 12.1 Å². The first-order valence-corrected chi connectivity index (χ1v) is 8.14. The molecule has 2 aromatic rings. The van der Waals surface area contributed by atoms with Gasteiger partial charge in [0, 0.05) is 41.5 Å². The molecule has 1 aliphatic heterocycles. The Morgan fingerprint density at radius 1 is 1.39 bits per heavy atom. The van der Waals surface area contributed by atoms with Crippen molar-refractivity contribution in [3.05, 3.63) is 47.3 Å². The maximum atomic E-state index is 14.1. The van der Waals surface area contributed by atoms with Crippen molar-refractivity contribution in [3.8, 4) is 0 Å². The van der Waals surface area contributed by atoms with Gasteiger partial charge in [0.1, 0.15) is 5.82 Å². The first-order valence-electron chi connectivity index (χ1n) is 7.35. The van der Waals surface area contributed by atoms with Crippen molar-refractivity contribution < 1.29 is 14.0 Å². The third-order valence-corrected chi connectivity index (χ3v) is 4.54. The number of nitrogens with zero attached hydrogens (tertiary/aromatic N) is 2. The van der Waals surface area contributed by atoms with E-state index >= 15 is 0 Å². The smallest absolute Gasteiger partial charge is 0.245 e. The molecule has 1 fully saturated rings. The van der Waals surface area contributed by atoms with Crippen LogP contribution in [-0.4, -0.2) is 34.2 Å². The molecule has 3 rings (SSSR count). The van der Waals surface area contributed by atoms with Crippen LogP contribution in [0.2, 0.25) is 0 Å². The van der Waals surface area contributed by atoms with Crippen molar-refractivity contribution in [2.45, 2.75) is 13.0 Å². The van der Waals surface area contributed by atoms with Crippen LogP contribution in [0.15, 0.2) is 41.5 Å². The average molecular weight is 379 g/mol. The Bertz CT molecular complexity index is 793. The van der Waals surface area contributed by atoms with Crippen LogP contribution in [0.4, 0.5) is 4.39 Å². The highest BCUT2D eigenvalue weighted by atomic mass is 79.9. The first-order chi connectivity index (χ1) is 11.0. The lowest BCUT2D eigenvalue weighted by Gasteiger charge is -2.38. The Hall–Kier alpha value is -1.95. The van der Waals surface area contributed by atoms with Crippen molar-refractivity contribution in [1.29, 1.82) is 0 Å². The van der Waals surface area contributed by atoms with E-state index in [9.17, 15) is 14.0 Å². The van der Waals surface area contributed by atoms with Crippen LogP contribution in [0, 0.1) is 11.7 Å². The summed E-state index contributed by atoms with van der Waals surface area (Å²) in [6.07, 6.45) is 3.41. The molecular formula is C17H16BrFN2O2. The molecule has 4 nitrogen and oxygen atoms in total. The molecule has 0 aliphatic carbocycles. The van der Waals surface area contributed by atoms with Crippen LogP contribution in [0.3, 0.4) is 0 Å². The third kappa shape index (κ3) is 3.22. The van der Waals surface area contributed by atoms with Gasteiger partial charge in [0.2, 0.25) is 5.91 Å². The number of aromatic nitrogens is 1. The second-order valence-electron chi connectivity index (χ2n) is 5.83. The van der Waals surface area contributed by atoms with Gasteiger partial charge in [0.15, 0.2) is 5.78 Å². The summed E-state index contributed by atoms with van der Waals surface area (Å²) in [5.41, 5.74) is 0.443. The highest BCUT2D eigenvalue weighted by Gasteiger charge is 2.30. The van der Waals surface area contributed by atoms with E-state index in [-0.39, 0.29) is 30.0 Å². The lowest BCUT2D eigenvalue weighted by Crippen LogP contribution is -2.50. The van der Waals surface area contributed by atoms with Gasteiger partial charge < -0.3 is 9.47 Å². The molecule has 23 heavy (non-hydrogen) atoms. The molecule has 0 saturated carbocycles. The molecule has 0 atom stereocenters. The number of carbonyl (C=O) groups excluding carboxylic acids is 2. The number of ketones is 1. The molecule has 1 amide bonds. The molecule has 0 bridgehead atoms. The van der Waals surface area contributed by atoms with Crippen LogP contribution in [0.25, 0.3) is 10.9 Å². The SMILES string of the molecule is C=CC(=O)N1CC(CC(=O)Cn2ccc3cc(Br)cc(F)c32)C1. The predicted octanol–water partition coefficient (Wildman–Crippen LogP) is 3.15. The number of amides is 1. The fraction of sp³-hybridized carbons (Fsp3) is 0.294. The Balaban J connectivity index is 1.63. The number of carbonyl (C=O) groups is 2. The molecule has 1 saturated heterocycles. The van der Waals surface area contributed by atoms with Gasteiger partial charge in [-0.2, -0.15) is 0 Å². The van der Waals surface area contributed by atoms with Crippen molar-refractivity contribution >= 4 is 38.5 Å². The molecule has 1 aromatic heterocycles. The molecule has 0 N–H and O–H groups in total. The van der Waals surface area contributed by atoms with Crippen molar-refractivity contribution in [2.24, 2.45) is 5.92 Å². The van der Waals surface area contributed by atoms with Gasteiger partial charge in [0.05, 0.1) is 12.1 Å². The van der Waals surface area contributed by atoms with E-state index in [0.717, 1.165) is 5.39 Å². The van der Waals surface area contributed by atoms with Gasteiger partial charge in [-0.25, -0.2) is 4.39 Å². The molecule has 0 radical (unpaired) electrons. The number of rotatable bonds is 5. The number of hydrogen-bond donors (Lipinski definition) is 0. The standard InChI is InChI=1S/C17H16BrFN2O2/c1-2-16(23)21-8-11(9-21)5-14(22)10-20-4-3-12-6-13(18)7-15(19)17(12)20/h2-4,6-7,11H,1,5,8-10H2. The summed E-state index contributed by atoms with van der Waals surface area (Å²) in [5.74, 6) is -0.218. The summed E-state index contributed by atoms with van der Waals surface area (Å²) in [7, 11) is 0. The van der Waals surface area contributed by atoms with E-state index in [0.29, 0.717) is 29.5 Å². The van der Waals surface area contributed by atoms with Crippen molar-refractivity contribution in [3.63, 3.8) is 0 Å². The summed E-state index contributed by atoms with van der Waals surface area (Å²) in [6, 6.07) is 5.02. The molecule has 120 valence electrons. The molecule has 2 heterocycles. The zero-order chi connectivity index (χ0) is 16.6. The quantitative estimate of drug-likeness (QED) is 0.750. The van der Waals surface area contributed by atoms with Crippen LogP contribution in [0.5, 0.6) is 0 Å². The Labute approximate surface area is 141 Å². The van der Waals surface area contributed by atoms with Crippen LogP contribution in [-0.2, 0) is 16.1 Å². The van der Waals surface area contributed by atoms with Crippen LogP contribution < -0.4 is 0 Å². The van der Waals surface area contributed by atoms with Crippen molar-refractivity contribution in [2.75, 3.05) is 13.1 Å². The maximum absolute atomic E-state index is 14.1. The van der Waals surface area contributed by atoms with Crippen LogP contribution >= 0.6 is 15.9 Å². The summed E-state index contributed by atoms with van der Waals surface area (Å²) < 4.78 is 16.4. The van der Waals surface area contributed by atoms with E-state index < -0.39 is 0 Å². The highest BCUT2D eigenvalue weighted by molar-refractivity contribution is 9.10. The second-order valence-corrected chi connectivity index (χ2v) is 6.74. The predicted molar refractivity (Wildman–Crippen MR) is 89.5 cm³/mol. The van der Waals surface area contributed by atoms with Gasteiger partial charge >= 0.3 is 0 Å². The second kappa shape index (κ2) is 6.28. The fourth-order valence-electron chi connectivity index (χ4n) is 2.98. The number of halogens is 2. The van der Waals surface area contributed by atoms with E-state index in [1.807, 2.05) is 6.07 Å². The largest absolute Gasteiger partial charge is 0.338 e. The number of hydrogen-bond acceptors (Lipinski definition) is 2. The minimum absolute atomic E-state index is 0.0421. The minimum Gasteiger partial charge on any atom is -0.338 e. The minimum atomic E-state index is -0.349. The first kappa shape index (κ1) is 15.9. The number of Topliss-reactive ketones (excluding diaryl/α,β-unsaturated/α-hetero) is 1. The molecule has 1 aliphatic rings. The molecular weight excluding hydrogens is 363 g/mol. The lowest BCUT2D eigenvalue weighted by atomic mass is 9.94. The zero-order valence-electron chi connectivity index (χ0n) is 12.5. The van der Waals surface area contributed by atoms with E-state index in [2.05, 4.69) is 22.5 Å². The molecule has 0 spiro atoms. The summed E-state index contributed by atoms with van der Waals surface area (Å²) >= 11 is 3.26. The van der Waals surface area contributed by atoms with Crippen LogP contribution in [0.1, 0.15) is 6.42 Å². The topological polar surface area (TPSA) is 42.3 Å². The van der Waals surface area contributed by atoms with Crippen molar-refractivity contribution in [1.82, 2.24) is 9.47 Å². The average Bonchev–Trinajstić information content (AvgIpc) is 2.84. The summed E-state index contributed by atoms with van der Waals surface area (Å²) in [6.45, 7) is 4.76. The van der Waals surface area contributed by atoms with Gasteiger partial charge in [0.25, 0.3) is 0 Å². The zero-order valence-corrected chi connectivity index (χ0v) is 14.1. The van der Waals surface area contributed by atoms with Gasteiger partial charge in [-0.1, -0.05) is 22.5 Å². The third-order valence-electron chi connectivity index (χ3n) is 4.09. The highest BCUT2D eigenvalue weighted by Crippen LogP contribution is 2.25. The fourth-order valence-corrected chi connectivity index (χ4v) is 3.42. The Morgan fingerprint density at radius 3 is 2.83 bits per heavy atom. The van der Waals surface area contributed by atoms with Gasteiger partial charge in [-0.05, 0) is 24.3 Å². The number of benzene rings is 1. The normalized spacial score (nSPS) is 14.8. The maximum Gasteiger partial charge on any atom is 0.245 e. The molecule has 6 heteroatoms. The van der Waals surface area contributed by atoms with E-state index in [1.54, 1.807) is 21.7 Å². The Morgan fingerprint density at radius 2 is 2.13 bits per heavy atom. The Kier molecular flexibility index (Phi) is 4.35. The summed E-state index contributed by atoms with van der Waals surface area (Å²) in [4.78, 5) is 25.2. The van der Waals surface area contributed by atoms with Gasteiger partial charge in [-0.3, -0.25) is 9.59 Å². The number of likely N-dealkylation sites (tertiary alicyclic amines) is 1. The summed E-state index contributed by atoms with van der Waals surface area (Å²) in [5, 5.41) is 0.760.